The van der Waals surface area contributed by atoms with Crippen LogP contribution in [-0.2, 0) is 0 Å². The van der Waals surface area contributed by atoms with Crippen LogP contribution in [0.1, 0.15) is 32.3 Å². The van der Waals surface area contributed by atoms with Gasteiger partial charge in [0.05, 0.1) is 0 Å². The number of nitrogens with one attached hydrogen (secondary N) is 1. The highest BCUT2D eigenvalue weighted by Gasteiger charge is 1.98. The minimum absolute atomic E-state index is 0.497. The quantitative estimate of drug-likeness (QED) is 0.436. The van der Waals surface area contributed by atoms with Crippen molar-refractivity contribution < 1.29 is 0 Å². The second-order valence-corrected chi connectivity index (χ2v) is 4.99. The van der Waals surface area contributed by atoms with E-state index in [-0.39, 0.29) is 0 Å². The van der Waals surface area contributed by atoms with Crippen molar-refractivity contribution in [3.63, 3.8) is 0 Å². The first-order valence-electron chi connectivity index (χ1n) is 7.51. The fourth-order valence-corrected chi connectivity index (χ4v) is 2.01. The molecule has 0 spiro atoms. The number of guanidine groups is 1. The molecule has 1 rings (SSSR count). The standard InChI is InChI=1S/C16H28N4/c1-4-20(5-2)13-7-6-12-18-16(17)19-15-10-8-14(3)9-11-15/h8-11H,4-7,12-13H2,1-3H3,(H3,17,18,19). The lowest BCUT2D eigenvalue weighted by Gasteiger charge is -2.17. The van der Waals surface area contributed by atoms with Gasteiger partial charge in [-0.2, -0.15) is 0 Å². The fourth-order valence-electron chi connectivity index (χ4n) is 2.01. The van der Waals surface area contributed by atoms with Gasteiger partial charge in [0.1, 0.15) is 0 Å². The van der Waals surface area contributed by atoms with Crippen LogP contribution >= 0.6 is 0 Å². The number of hydrogen-bond donors (Lipinski definition) is 2. The highest BCUT2D eigenvalue weighted by atomic mass is 15.1. The van der Waals surface area contributed by atoms with Gasteiger partial charge >= 0.3 is 0 Å². The van der Waals surface area contributed by atoms with E-state index in [0.717, 1.165) is 38.3 Å². The summed E-state index contributed by atoms with van der Waals surface area (Å²) in [5, 5.41) is 3.11. The third-order valence-electron chi connectivity index (χ3n) is 3.38. The molecular formula is C16H28N4. The van der Waals surface area contributed by atoms with E-state index in [1.54, 1.807) is 0 Å². The van der Waals surface area contributed by atoms with Gasteiger partial charge in [-0.1, -0.05) is 31.5 Å². The van der Waals surface area contributed by atoms with Crippen LogP contribution in [0.5, 0.6) is 0 Å². The maximum atomic E-state index is 5.87. The number of rotatable bonds is 8. The molecule has 1 aromatic carbocycles. The molecule has 0 aromatic heterocycles. The molecule has 0 heterocycles. The van der Waals surface area contributed by atoms with Crippen molar-refractivity contribution in [3.8, 4) is 0 Å². The first-order valence-corrected chi connectivity index (χ1v) is 7.51. The zero-order valence-electron chi connectivity index (χ0n) is 13.0. The average molecular weight is 276 g/mol. The topological polar surface area (TPSA) is 53.6 Å². The van der Waals surface area contributed by atoms with Gasteiger partial charge in [-0.05, 0) is 51.5 Å². The molecule has 0 unspecified atom stereocenters. The minimum atomic E-state index is 0.497. The highest BCUT2D eigenvalue weighted by Crippen LogP contribution is 2.07. The monoisotopic (exact) mass is 276 g/mol. The summed E-state index contributed by atoms with van der Waals surface area (Å²) in [6, 6.07) is 8.13. The van der Waals surface area contributed by atoms with Crippen molar-refractivity contribution in [3.05, 3.63) is 29.8 Å². The van der Waals surface area contributed by atoms with Crippen LogP contribution < -0.4 is 11.1 Å². The molecule has 0 bridgehead atoms. The van der Waals surface area contributed by atoms with Gasteiger partial charge in [-0.3, -0.25) is 4.99 Å². The molecule has 0 aliphatic heterocycles. The molecule has 0 saturated carbocycles. The van der Waals surface area contributed by atoms with Crippen molar-refractivity contribution in [2.45, 2.75) is 33.6 Å². The molecule has 4 nitrogen and oxygen atoms in total. The second-order valence-electron chi connectivity index (χ2n) is 4.99. The maximum absolute atomic E-state index is 5.87. The summed E-state index contributed by atoms with van der Waals surface area (Å²) in [7, 11) is 0. The van der Waals surface area contributed by atoms with Crippen LogP contribution in [0.3, 0.4) is 0 Å². The van der Waals surface area contributed by atoms with Crippen molar-refractivity contribution in [2.75, 3.05) is 31.5 Å². The number of aliphatic imine (C=N–C) groups is 1. The van der Waals surface area contributed by atoms with Crippen LogP contribution in [0, 0.1) is 6.92 Å². The molecule has 3 N–H and O–H groups in total. The smallest absolute Gasteiger partial charge is 0.193 e. The number of anilines is 1. The summed E-state index contributed by atoms with van der Waals surface area (Å²) in [5.74, 6) is 0.497. The Morgan fingerprint density at radius 3 is 2.40 bits per heavy atom. The molecule has 0 fully saturated rings. The summed E-state index contributed by atoms with van der Waals surface area (Å²) in [5.41, 5.74) is 8.09. The Bertz CT molecular complexity index is 393. The number of unbranched alkanes of at least 4 members (excludes halogenated alkanes) is 1. The maximum Gasteiger partial charge on any atom is 0.193 e. The molecule has 0 radical (unpaired) electrons. The zero-order chi connectivity index (χ0) is 14.8. The van der Waals surface area contributed by atoms with Crippen LogP contribution in [0.15, 0.2) is 29.3 Å². The van der Waals surface area contributed by atoms with Crippen LogP contribution in [0.4, 0.5) is 5.69 Å². The average Bonchev–Trinajstić information content (AvgIpc) is 2.45. The van der Waals surface area contributed by atoms with Gasteiger partial charge in [-0.15, -0.1) is 0 Å². The van der Waals surface area contributed by atoms with Crippen molar-refractivity contribution in [2.24, 2.45) is 10.7 Å². The van der Waals surface area contributed by atoms with Crippen molar-refractivity contribution >= 4 is 11.6 Å². The summed E-state index contributed by atoms with van der Waals surface area (Å²) in [6.07, 6.45) is 2.25. The number of benzene rings is 1. The largest absolute Gasteiger partial charge is 0.370 e. The lowest BCUT2D eigenvalue weighted by Crippen LogP contribution is -2.24. The molecule has 0 aliphatic rings. The van der Waals surface area contributed by atoms with E-state index < -0.39 is 0 Å². The lowest BCUT2D eigenvalue weighted by atomic mass is 10.2. The van der Waals surface area contributed by atoms with Crippen molar-refractivity contribution in [1.82, 2.24) is 4.90 Å². The second kappa shape index (κ2) is 9.37. The molecule has 0 saturated heterocycles. The van der Waals surface area contributed by atoms with Gasteiger partial charge < -0.3 is 16.0 Å². The third-order valence-corrected chi connectivity index (χ3v) is 3.38. The van der Waals surface area contributed by atoms with E-state index in [1.807, 2.05) is 12.1 Å². The number of nitrogens with zero attached hydrogens (tertiary/aromatic N) is 2. The van der Waals surface area contributed by atoms with Gasteiger partial charge in [0.2, 0.25) is 0 Å². The Morgan fingerprint density at radius 2 is 1.80 bits per heavy atom. The van der Waals surface area contributed by atoms with Crippen LogP contribution in [0.25, 0.3) is 0 Å². The third kappa shape index (κ3) is 6.57. The summed E-state index contributed by atoms with van der Waals surface area (Å²) >= 11 is 0. The molecular weight excluding hydrogens is 248 g/mol. The van der Waals surface area contributed by atoms with E-state index in [9.17, 15) is 0 Å². The lowest BCUT2D eigenvalue weighted by molar-refractivity contribution is 0.298. The first kappa shape index (κ1) is 16.5. The van der Waals surface area contributed by atoms with E-state index in [1.165, 1.54) is 12.0 Å². The summed E-state index contributed by atoms with van der Waals surface area (Å²) in [6.45, 7) is 10.6. The van der Waals surface area contributed by atoms with Gasteiger partial charge in [-0.25, -0.2) is 0 Å². The molecule has 1 aromatic rings. The predicted molar refractivity (Wildman–Crippen MR) is 88.3 cm³/mol. The number of hydrogen-bond acceptors (Lipinski definition) is 2. The Morgan fingerprint density at radius 1 is 1.15 bits per heavy atom. The number of aryl methyl sites for hydroxylation is 1. The van der Waals surface area contributed by atoms with E-state index in [0.29, 0.717) is 5.96 Å². The fraction of sp³-hybridized carbons (Fsp3) is 0.562. The first-order chi connectivity index (χ1) is 9.65. The minimum Gasteiger partial charge on any atom is -0.370 e. The van der Waals surface area contributed by atoms with Crippen molar-refractivity contribution in [1.29, 1.82) is 0 Å². The molecule has 112 valence electrons. The Labute approximate surface area is 123 Å². The van der Waals surface area contributed by atoms with E-state index in [4.69, 9.17) is 5.73 Å². The van der Waals surface area contributed by atoms with Crippen LogP contribution in [0.2, 0.25) is 0 Å². The molecule has 4 heteroatoms. The summed E-state index contributed by atoms with van der Waals surface area (Å²) < 4.78 is 0. The molecule has 0 atom stereocenters. The van der Waals surface area contributed by atoms with Crippen LogP contribution in [-0.4, -0.2) is 37.0 Å². The number of nitrogens with two attached hydrogens (primary N) is 1. The zero-order valence-corrected chi connectivity index (χ0v) is 13.0. The Balaban J connectivity index is 2.23. The Kier molecular flexibility index (Phi) is 7.73. The van der Waals surface area contributed by atoms with E-state index in [2.05, 4.69) is 48.1 Å². The van der Waals surface area contributed by atoms with Gasteiger partial charge in [0.25, 0.3) is 0 Å². The van der Waals surface area contributed by atoms with Gasteiger partial charge in [0, 0.05) is 12.2 Å². The predicted octanol–water partition coefficient (Wildman–Crippen LogP) is 2.84. The molecule has 20 heavy (non-hydrogen) atoms. The molecule has 0 aliphatic carbocycles. The Hall–Kier alpha value is -1.55. The molecule has 0 amide bonds. The highest BCUT2D eigenvalue weighted by molar-refractivity contribution is 5.92. The SMILES string of the molecule is CCN(CC)CCCCN=C(N)Nc1ccc(C)cc1. The van der Waals surface area contributed by atoms with Gasteiger partial charge in [0.15, 0.2) is 5.96 Å². The summed E-state index contributed by atoms with van der Waals surface area (Å²) in [4.78, 5) is 6.78. The van der Waals surface area contributed by atoms with E-state index >= 15 is 0 Å². The normalized spacial score (nSPS) is 11.9.